The third-order valence-corrected chi connectivity index (χ3v) is 3.87. The molecule has 0 saturated carbocycles. The Balaban J connectivity index is 1.67. The van der Waals surface area contributed by atoms with Crippen molar-refractivity contribution in [1.29, 1.82) is 0 Å². The molecule has 0 amide bonds. The zero-order chi connectivity index (χ0) is 18.1. The fraction of sp³-hybridized carbons (Fsp3) is 0.0526. The molecule has 4 rings (SSSR count). The molecule has 4 aromatic rings. The predicted octanol–water partition coefficient (Wildman–Crippen LogP) is 5.23. The molecular formula is C19H12F3N3O. The summed E-state index contributed by atoms with van der Waals surface area (Å²) in [7, 11) is 0. The third kappa shape index (κ3) is 3.11. The van der Waals surface area contributed by atoms with E-state index in [4.69, 9.17) is 4.74 Å². The highest BCUT2D eigenvalue weighted by atomic mass is 19.4. The molecule has 0 spiro atoms. The van der Waals surface area contributed by atoms with Crippen LogP contribution in [0.5, 0.6) is 11.5 Å². The Bertz CT molecular complexity index is 1040. The molecular weight excluding hydrogens is 343 g/mol. The lowest BCUT2D eigenvalue weighted by Crippen LogP contribution is -2.04. The maximum Gasteiger partial charge on any atom is 0.416 e. The number of fused-ring (bicyclic) bond motifs is 1. The first-order valence-corrected chi connectivity index (χ1v) is 7.73. The van der Waals surface area contributed by atoms with Gasteiger partial charge in [-0.2, -0.15) is 13.2 Å². The van der Waals surface area contributed by atoms with E-state index in [1.54, 1.807) is 53.4 Å². The molecule has 0 atom stereocenters. The molecule has 4 nitrogen and oxygen atoms in total. The van der Waals surface area contributed by atoms with Crippen molar-refractivity contribution in [2.24, 2.45) is 0 Å². The first-order chi connectivity index (χ1) is 12.5. The van der Waals surface area contributed by atoms with Gasteiger partial charge in [-0.15, -0.1) is 0 Å². The predicted molar refractivity (Wildman–Crippen MR) is 90.4 cm³/mol. The van der Waals surface area contributed by atoms with Gasteiger partial charge >= 0.3 is 6.18 Å². The lowest BCUT2D eigenvalue weighted by atomic mass is 10.2. The summed E-state index contributed by atoms with van der Waals surface area (Å²) < 4.78 is 46.2. The number of hydrogen-bond donors (Lipinski definition) is 0. The Morgan fingerprint density at radius 3 is 2.23 bits per heavy atom. The second kappa shape index (κ2) is 6.18. The number of rotatable bonds is 3. The number of imidazole rings is 1. The van der Waals surface area contributed by atoms with Gasteiger partial charge < -0.3 is 4.74 Å². The van der Waals surface area contributed by atoms with E-state index in [1.807, 2.05) is 0 Å². The van der Waals surface area contributed by atoms with E-state index in [9.17, 15) is 13.2 Å². The molecule has 2 aromatic carbocycles. The highest BCUT2D eigenvalue weighted by Gasteiger charge is 2.30. The van der Waals surface area contributed by atoms with E-state index in [1.165, 1.54) is 12.4 Å². The number of pyridine rings is 1. The Morgan fingerprint density at radius 1 is 0.846 bits per heavy atom. The standard InChI is InChI=1S/C19H12F3N3O/c20-19(21,22)13-1-6-17-18(11-13)25(12-24-17)14-2-4-15(5-3-14)26-16-7-9-23-10-8-16/h1-12H. The average molecular weight is 355 g/mol. The Morgan fingerprint density at radius 2 is 1.54 bits per heavy atom. The van der Waals surface area contributed by atoms with Crippen molar-refractivity contribution in [2.45, 2.75) is 6.18 Å². The highest BCUT2D eigenvalue weighted by molar-refractivity contribution is 5.78. The summed E-state index contributed by atoms with van der Waals surface area (Å²) in [5.41, 5.74) is 0.871. The fourth-order valence-electron chi connectivity index (χ4n) is 2.61. The average Bonchev–Trinajstić information content (AvgIpc) is 3.06. The summed E-state index contributed by atoms with van der Waals surface area (Å²) in [6.07, 6.45) is 0.355. The number of halogens is 3. The van der Waals surface area contributed by atoms with E-state index in [-0.39, 0.29) is 0 Å². The molecule has 0 N–H and O–H groups in total. The molecule has 0 bridgehead atoms. The van der Waals surface area contributed by atoms with Crippen LogP contribution in [0, 0.1) is 0 Å². The molecule has 0 aliphatic carbocycles. The van der Waals surface area contributed by atoms with Crippen LogP contribution < -0.4 is 4.74 Å². The second-order valence-corrected chi connectivity index (χ2v) is 5.59. The summed E-state index contributed by atoms with van der Waals surface area (Å²) in [5, 5.41) is 0. The van der Waals surface area contributed by atoms with Crippen LogP contribution in [0.4, 0.5) is 13.2 Å². The van der Waals surface area contributed by atoms with E-state index in [0.717, 1.165) is 12.1 Å². The maximum absolute atomic E-state index is 13.0. The minimum atomic E-state index is -4.40. The van der Waals surface area contributed by atoms with E-state index in [2.05, 4.69) is 9.97 Å². The quantitative estimate of drug-likeness (QED) is 0.505. The highest BCUT2D eigenvalue weighted by Crippen LogP contribution is 2.32. The lowest BCUT2D eigenvalue weighted by molar-refractivity contribution is -0.137. The zero-order valence-corrected chi connectivity index (χ0v) is 13.3. The van der Waals surface area contributed by atoms with Crippen LogP contribution in [0.3, 0.4) is 0 Å². The third-order valence-electron chi connectivity index (χ3n) is 3.87. The molecule has 130 valence electrons. The van der Waals surface area contributed by atoms with Gasteiger partial charge in [0.2, 0.25) is 0 Å². The van der Waals surface area contributed by atoms with Crippen molar-refractivity contribution >= 4 is 11.0 Å². The van der Waals surface area contributed by atoms with Gasteiger partial charge in [0.05, 0.1) is 16.6 Å². The minimum absolute atomic E-state index is 0.391. The molecule has 0 radical (unpaired) electrons. The largest absolute Gasteiger partial charge is 0.457 e. The van der Waals surface area contributed by atoms with Crippen LogP contribution in [0.1, 0.15) is 5.56 Å². The van der Waals surface area contributed by atoms with Crippen LogP contribution in [-0.4, -0.2) is 14.5 Å². The fourth-order valence-corrected chi connectivity index (χ4v) is 2.61. The number of alkyl halides is 3. The summed E-state index contributed by atoms with van der Waals surface area (Å²) in [5.74, 6) is 1.26. The Labute approximate surface area is 146 Å². The molecule has 0 saturated heterocycles. The van der Waals surface area contributed by atoms with Gasteiger partial charge in [-0.05, 0) is 54.6 Å². The van der Waals surface area contributed by atoms with Crippen molar-refractivity contribution < 1.29 is 17.9 Å². The molecule has 26 heavy (non-hydrogen) atoms. The van der Waals surface area contributed by atoms with Crippen molar-refractivity contribution in [1.82, 2.24) is 14.5 Å². The first-order valence-electron chi connectivity index (χ1n) is 7.73. The topological polar surface area (TPSA) is 39.9 Å². The number of nitrogens with zero attached hydrogens (tertiary/aromatic N) is 3. The normalized spacial score (nSPS) is 11.7. The molecule has 0 aliphatic rings. The maximum atomic E-state index is 13.0. The minimum Gasteiger partial charge on any atom is -0.457 e. The van der Waals surface area contributed by atoms with E-state index < -0.39 is 11.7 Å². The first kappa shape index (κ1) is 16.1. The zero-order valence-electron chi connectivity index (χ0n) is 13.3. The smallest absolute Gasteiger partial charge is 0.416 e. The van der Waals surface area contributed by atoms with Gasteiger partial charge in [0.15, 0.2) is 0 Å². The summed E-state index contributed by atoms with van der Waals surface area (Å²) in [6.45, 7) is 0. The molecule has 7 heteroatoms. The SMILES string of the molecule is FC(F)(F)c1ccc2ncn(-c3ccc(Oc4ccncc4)cc3)c2c1. The van der Waals surface area contributed by atoms with Crippen molar-refractivity contribution in [3.05, 3.63) is 78.9 Å². The van der Waals surface area contributed by atoms with Crippen LogP contribution in [0.2, 0.25) is 0 Å². The van der Waals surface area contributed by atoms with E-state index >= 15 is 0 Å². The van der Waals surface area contributed by atoms with Crippen LogP contribution >= 0.6 is 0 Å². The van der Waals surface area contributed by atoms with Gasteiger partial charge in [-0.3, -0.25) is 9.55 Å². The number of hydrogen-bond acceptors (Lipinski definition) is 3. The van der Waals surface area contributed by atoms with Gasteiger partial charge in [0.25, 0.3) is 0 Å². The molecule has 2 aromatic heterocycles. The monoisotopic (exact) mass is 355 g/mol. The van der Waals surface area contributed by atoms with Crippen LogP contribution in [0.15, 0.2) is 73.3 Å². The molecule has 0 fully saturated rings. The summed E-state index contributed by atoms with van der Waals surface area (Å²) >= 11 is 0. The molecule has 2 heterocycles. The molecule has 0 unspecified atom stereocenters. The lowest BCUT2D eigenvalue weighted by Gasteiger charge is -2.09. The Kier molecular flexibility index (Phi) is 3.84. The number of ether oxygens (including phenoxy) is 1. The van der Waals surface area contributed by atoms with Gasteiger partial charge in [0.1, 0.15) is 17.8 Å². The van der Waals surface area contributed by atoms with Crippen molar-refractivity contribution in [2.75, 3.05) is 0 Å². The Hall–Kier alpha value is -3.35. The van der Waals surface area contributed by atoms with Gasteiger partial charge in [0, 0.05) is 18.1 Å². The van der Waals surface area contributed by atoms with Crippen LogP contribution in [0.25, 0.3) is 16.7 Å². The number of aromatic nitrogens is 3. The van der Waals surface area contributed by atoms with E-state index in [0.29, 0.717) is 28.2 Å². The summed E-state index contributed by atoms with van der Waals surface area (Å²) in [4.78, 5) is 8.08. The number of benzene rings is 2. The molecule has 0 aliphatic heterocycles. The second-order valence-electron chi connectivity index (χ2n) is 5.59. The van der Waals surface area contributed by atoms with Gasteiger partial charge in [-0.25, -0.2) is 4.98 Å². The van der Waals surface area contributed by atoms with Gasteiger partial charge in [-0.1, -0.05) is 0 Å². The van der Waals surface area contributed by atoms with Crippen molar-refractivity contribution in [3.63, 3.8) is 0 Å². The summed E-state index contributed by atoms with van der Waals surface area (Å²) in [6, 6.07) is 14.0. The van der Waals surface area contributed by atoms with Crippen LogP contribution in [-0.2, 0) is 6.18 Å². The van der Waals surface area contributed by atoms with Crippen molar-refractivity contribution in [3.8, 4) is 17.2 Å².